The summed E-state index contributed by atoms with van der Waals surface area (Å²) in [5.41, 5.74) is -0.417. The molecule has 0 aromatic heterocycles. The lowest BCUT2D eigenvalue weighted by atomic mass is 9.98. The molecule has 0 atom stereocenters. The molecule has 0 bridgehead atoms. The van der Waals surface area contributed by atoms with Crippen molar-refractivity contribution in [1.82, 2.24) is 4.90 Å². The van der Waals surface area contributed by atoms with Crippen molar-refractivity contribution in [2.45, 2.75) is 45.8 Å². The predicted molar refractivity (Wildman–Crippen MR) is 95.9 cm³/mol. The Bertz CT molecular complexity index is 667. The van der Waals surface area contributed by atoms with E-state index in [1.54, 1.807) is 23.1 Å². The fourth-order valence-corrected chi connectivity index (χ4v) is 3.28. The average molecular weight is 365 g/mol. The first-order valence-electron chi connectivity index (χ1n) is 8.64. The molecule has 1 amide bonds. The number of carbonyl (C=O) groups excluding carboxylic acids is 1. The summed E-state index contributed by atoms with van der Waals surface area (Å²) in [6.07, 6.45) is 0. The summed E-state index contributed by atoms with van der Waals surface area (Å²) in [6, 6.07) is 4.79. The van der Waals surface area contributed by atoms with Crippen molar-refractivity contribution in [3.8, 4) is 11.5 Å². The second-order valence-corrected chi connectivity index (χ2v) is 7.56. The van der Waals surface area contributed by atoms with Crippen LogP contribution < -0.4 is 9.47 Å². The first kappa shape index (κ1) is 20.0. The van der Waals surface area contributed by atoms with Gasteiger partial charge in [0.2, 0.25) is 0 Å². The highest BCUT2D eigenvalue weighted by Gasteiger charge is 2.40. The van der Waals surface area contributed by atoms with Crippen LogP contribution in [0.15, 0.2) is 18.2 Å². The predicted octanol–water partition coefficient (Wildman–Crippen LogP) is 2.58. The van der Waals surface area contributed by atoms with Crippen LogP contribution in [0, 0.1) is 0 Å². The summed E-state index contributed by atoms with van der Waals surface area (Å²) in [4.78, 5) is 25.5. The van der Waals surface area contributed by atoms with Crippen LogP contribution >= 0.6 is 0 Å². The highest BCUT2D eigenvalue weighted by Crippen LogP contribution is 2.32. The third kappa shape index (κ3) is 5.11. The molecular formula is C19H27NO6. The lowest BCUT2D eigenvalue weighted by Crippen LogP contribution is -2.58. The maximum atomic E-state index is 13.0. The minimum absolute atomic E-state index is 0.125. The molecule has 2 rings (SSSR count). The van der Waals surface area contributed by atoms with Crippen LogP contribution in [0.3, 0.4) is 0 Å². The van der Waals surface area contributed by atoms with Gasteiger partial charge in [-0.1, -0.05) is 0 Å². The fraction of sp³-hybridized carbons (Fsp3) is 0.579. The van der Waals surface area contributed by atoms with Crippen LogP contribution in [0.2, 0.25) is 0 Å². The van der Waals surface area contributed by atoms with Gasteiger partial charge in [-0.3, -0.25) is 4.79 Å². The largest absolute Gasteiger partial charge is 0.490 e. The van der Waals surface area contributed by atoms with Gasteiger partial charge in [0.25, 0.3) is 5.91 Å². The van der Waals surface area contributed by atoms with Gasteiger partial charge in [0.1, 0.15) is 0 Å². The Hall–Kier alpha value is -2.28. The highest BCUT2D eigenvalue weighted by molar-refractivity contribution is 5.95. The fourth-order valence-electron chi connectivity index (χ4n) is 3.28. The zero-order valence-corrected chi connectivity index (χ0v) is 16.0. The third-order valence-corrected chi connectivity index (χ3v) is 3.82. The summed E-state index contributed by atoms with van der Waals surface area (Å²) in [5.74, 6) is -0.551. The first-order valence-corrected chi connectivity index (χ1v) is 8.64. The Morgan fingerprint density at radius 2 is 1.73 bits per heavy atom. The van der Waals surface area contributed by atoms with Crippen molar-refractivity contribution in [3.63, 3.8) is 0 Å². The summed E-state index contributed by atoms with van der Waals surface area (Å²) < 4.78 is 16.8. The molecule has 0 unspecified atom stereocenters. The van der Waals surface area contributed by atoms with E-state index in [1.807, 2.05) is 34.6 Å². The standard InChI is InChI=1S/C19H27NO6/c1-6-24-15-9-13(7-8-14(15)25-10-16(21)22)17(23)20-11-18(2,3)26-19(4,5)12-20/h7-9H,6,10-12H2,1-5H3,(H,21,22). The van der Waals surface area contributed by atoms with Gasteiger partial charge in [-0.05, 0) is 52.8 Å². The number of nitrogens with zero attached hydrogens (tertiary/aromatic N) is 1. The van der Waals surface area contributed by atoms with E-state index >= 15 is 0 Å². The summed E-state index contributed by atoms with van der Waals surface area (Å²) in [6.45, 7) is 10.5. The molecule has 7 heteroatoms. The smallest absolute Gasteiger partial charge is 0.341 e. The van der Waals surface area contributed by atoms with Crippen molar-refractivity contribution < 1.29 is 28.9 Å². The number of carbonyl (C=O) groups is 2. The molecule has 1 heterocycles. The topological polar surface area (TPSA) is 85.3 Å². The molecule has 26 heavy (non-hydrogen) atoms. The summed E-state index contributed by atoms with van der Waals surface area (Å²) in [5, 5.41) is 8.77. The Labute approximate surface area is 153 Å². The molecule has 0 spiro atoms. The van der Waals surface area contributed by atoms with Gasteiger partial charge < -0.3 is 24.2 Å². The third-order valence-electron chi connectivity index (χ3n) is 3.82. The molecule has 144 valence electrons. The molecule has 0 aliphatic carbocycles. The number of rotatable bonds is 6. The molecule has 1 aliphatic heterocycles. The Kier molecular flexibility index (Phi) is 5.81. The number of benzene rings is 1. The molecule has 0 saturated carbocycles. The molecule has 1 saturated heterocycles. The minimum Gasteiger partial charge on any atom is -0.490 e. The quantitative estimate of drug-likeness (QED) is 0.834. The van der Waals surface area contributed by atoms with Crippen LogP contribution in [0.5, 0.6) is 11.5 Å². The molecule has 1 aromatic carbocycles. The van der Waals surface area contributed by atoms with E-state index in [-0.39, 0.29) is 5.91 Å². The van der Waals surface area contributed by atoms with E-state index in [0.717, 1.165) is 0 Å². The van der Waals surface area contributed by atoms with Gasteiger partial charge >= 0.3 is 5.97 Å². The van der Waals surface area contributed by atoms with E-state index in [1.165, 1.54) is 0 Å². The zero-order chi connectivity index (χ0) is 19.5. The van der Waals surface area contributed by atoms with Crippen molar-refractivity contribution in [1.29, 1.82) is 0 Å². The summed E-state index contributed by atoms with van der Waals surface area (Å²) in [7, 11) is 0. The highest BCUT2D eigenvalue weighted by atomic mass is 16.5. The van der Waals surface area contributed by atoms with Crippen LogP contribution in [0.1, 0.15) is 45.0 Å². The van der Waals surface area contributed by atoms with Gasteiger partial charge in [-0.15, -0.1) is 0 Å². The molecule has 0 radical (unpaired) electrons. The summed E-state index contributed by atoms with van der Waals surface area (Å²) >= 11 is 0. The minimum atomic E-state index is -1.08. The molecule has 1 N–H and O–H groups in total. The molecule has 1 aliphatic rings. The first-order chi connectivity index (χ1) is 12.0. The van der Waals surface area contributed by atoms with Crippen molar-refractivity contribution in [2.24, 2.45) is 0 Å². The molecule has 1 aromatic rings. The lowest BCUT2D eigenvalue weighted by Gasteiger charge is -2.47. The average Bonchev–Trinajstić information content (AvgIpc) is 2.50. The van der Waals surface area contributed by atoms with Gasteiger partial charge in [0.15, 0.2) is 18.1 Å². The Morgan fingerprint density at radius 1 is 1.12 bits per heavy atom. The van der Waals surface area contributed by atoms with Crippen LogP contribution in [-0.2, 0) is 9.53 Å². The number of hydrogen-bond donors (Lipinski definition) is 1. The monoisotopic (exact) mass is 365 g/mol. The van der Waals surface area contributed by atoms with E-state index in [4.69, 9.17) is 19.3 Å². The van der Waals surface area contributed by atoms with Crippen LogP contribution in [0.4, 0.5) is 0 Å². The van der Waals surface area contributed by atoms with Gasteiger partial charge in [-0.25, -0.2) is 4.79 Å². The Morgan fingerprint density at radius 3 is 2.27 bits per heavy atom. The number of ether oxygens (including phenoxy) is 3. The number of morpholine rings is 1. The normalized spacial score (nSPS) is 18.3. The van der Waals surface area contributed by atoms with Crippen molar-refractivity contribution >= 4 is 11.9 Å². The SMILES string of the molecule is CCOc1cc(C(=O)N2CC(C)(C)OC(C)(C)C2)ccc1OCC(=O)O. The number of aliphatic carboxylic acids is 1. The van der Waals surface area contributed by atoms with E-state index in [9.17, 15) is 9.59 Å². The lowest BCUT2D eigenvalue weighted by molar-refractivity contribution is -0.171. The van der Waals surface area contributed by atoms with Crippen molar-refractivity contribution in [2.75, 3.05) is 26.3 Å². The van der Waals surface area contributed by atoms with E-state index in [0.29, 0.717) is 36.8 Å². The Balaban J connectivity index is 2.25. The zero-order valence-electron chi connectivity index (χ0n) is 16.0. The second kappa shape index (κ2) is 7.53. The van der Waals surface area contributed by atoms with E-state index < -0.39 is 23.8 Å². The van der Waals surface area contributed by atoms with Crippen LogP contribution in [0.25, 0.3) is 0 Å². The van der Waals surface area contributed by atoms with E-state index in [2.05, 4.69) is 0 Å². The van der Waals surface area contributed by atoms with Crippen LogP contribution in [-0.4, -0.2) is 59.4 Å². The number of amides is 1. The number of hydrogen-bond acceptors (Lipinski definition) is 5. The maximum absolute atomic E-state index is 13.0. The second-order valence-electron chi connectivity index (χ2n) is 7.56. The molecule has 1 fully saturated rings. The van der Waals surface area contributed by atoms with Crippen molar-refractivity contribution in [3.05, 3.63) is 23.8 Å². The van der Waals surface area contributed by atoms with Gasteiger partial charge in [-0.2, -0.15) is 0 Å². The van der Waals surface area contributed by atoms with Gasteiger partial charge in [0, 0.05) is 18.7 Å². The number of carboxylic acid groups (broad SMARTS) is 1. The molecule has 7 nitrogen and oxygen atoms in total. The van der Waals surface area contributed by atoms with Gasteiger partial charge in [0.05, 0.1) is 17.8 Å². The molecular weight excluding hydrogens is 338 g/mol. The number of carboxylic acids is 1. The maximum Gasteiger partial charge on any atom is 0.341 e.